The number of hydrogen-bond acceptors (Lipinski definition) is 5. The number of nitrogens with one attached hydrogen (secondary N) is 2. The van der Waals surface area contributed by atoms with E-state index in [2.05, 4.69) is 10.9 Å². The number of carbonyl (C=O) groups excluding carboxylic acids is 3. The molecule has 0 saturated heterocycles. The second kappa shape index (κ2) is 9.58. The van der Waals surface area contributed by atoms with Crippen LogP contribution < -0.4 is 15.6 Å². The lowest BCUT2D eigenvalue weighted by atomic mass is 10.2. The van der Waals surface area contributed by atoms with Gasteiger partial charge in [0.25, 0.3) is 11.8 Å². The Morgan fingerprint density at radius 1 is 1.00 bits per heavy atom. The first-order valence-electron chi connectivity index (χ1n) is 8.31. The van der Waals surface area contributed by atoms with Gasteiger partial charge in [0.15, 0.2) is 12.7 Å². The van der Waals surface area contributed by atoms with Crippen LogP contribution in [0.1, 0.15) is 22.8 Å². The zero-order chi connectivity index (χ0) is 21.4. The number of ether oxygens (including phenoxy) is 2. The lowest BCUT2D eigenvalue weighted by Crippen LogP contribution is -2.47. The van der Waals surface area contributed by atoms with Crippen molar-refractivity contribution in [2.45, 2.75) is 19.2 Å². The zero-order valence-corrected chi connectivity index (χ0v) is 15.2. The molecule has 10 heteroatoms. The summed E-state index contributed by atoms with van der Waals surface area (Å²) in [7, 11) is 0. The molecule has 0 radical (unpaired) electrons. The lowest BCUT2D eigenvalue weighted by molar-refractivity contribution is -0.156. The van der Waals surface area contributed by atoms with Gasteiger partial charge in [0.1, 0.15) is 5.75 Å². The summed E-state index contributed by atoms with van der Waals surface area (Å²) in [4.78, 5) is 35.4. The smallest absolute Gasteiger partial charge is 0.416 e. The van der Waals surface area contributed by atoms with E-state index >= 15 is 0 Å². The molecule has 2 aromatic carbocycles. The van der Waals surface area contributed by atoms with E-state index in [1.165, 1.54) is 25.1 Å². The summed E-state index contributed by atoms with van der Waals surface area (Å²) < 4.78 is 47.7. The van der Waals surface area contributed by atoms with Crippen LogP contribution in [0.4, 0.5) is 13.2 Å². The number of halogens is 3. The van der Waals surface area contributed by atoms with Crippen molar-refractivity contribution in [1.82, 2.24) is 10.9 Å². The van der Waals surface area contributed by atoms with Gasteiger partial charge in [0.2, 0.25) is 0 Å². The molecule has 29 heavy (non-hydrogen) atoms. The quantitative estimate of drug-likeness (QED) is 0.564. The number of hydrogen-bond donors (Lipinski definition) is 2. The van der Waals surface area contributed by atoms with Crippen molar-refractivity contribution in [1.29, 1.82) is 0 Å². The fraction of sp³-hybridized carbons (Fsp3) is 0.211. The lowest BCUT2D eigenvalue weighted by Gasteiger charge is -2.14. The summed E-state index contributed by atoms with van der Waals surface area (Å²) in [5.41, 5.74) is 3.65. The Balaban J connectivity index is 1.78. The SMILES string of the molecule is C[C@@H](OC(=O)COc1cccc(C(F)(F)F)c1)C(=O)NNC(=O)c1ccccc1. The van der Waals surface area contributed by atoms with Crippen LogP contribution in [0.3, 0.4) is 0 Å². The van der Waals surface area contributed by atoms with E-state index in [1.807, 2.05) is 0 Å². The van der Waals surface area contributed by atoms with Crippen molar-refractivity contribution in [3.8, 4) is 5.75 Å². The number of benzene rings is 2. The molecular weight excluding hydrogens is 393 g/mol. The minimum Gasteiger partial charge on any atom is -0.482 e. The summed E-state index contributed by atoms with van der Waals surface area (Å²) in [6, 6.07) is 12.1. The molecule has 1 atom stereocenters. The van der Waals surface area contributed by atoms with E-state index in [4.69, 9.17) is 9.47 Å². The highest BCUT2D eigenvalue weighted by atomic mass is 19.4. The molecule has 0 spiro atoms. The largest absolute Gasteiger partial charge is 0.482 e. The molecule has 0 aliphatic heterocycles. The van der Waals surface area contributed by atoms with E-state index in [9.17, 15) is 27.6 Å². The van der Waals surface area contributed by atoms with Crippen LogP contribution in [0.15, 0.2) is 54.6 Å². The van der Waals surface area contributed by atoms with Crippen LogP contribution in [-0.2, 0) is 20.5 Å². The van der Waals surface area contributed by atoms with E-state index < -0.39 is 42.2 Å². The maximum Gasteiger partial charge on any atom is 0.416 e. The van der Waals surface area contributed by atoms with E-state index in [-0.39, 0.29) is 5.75 Å². The van der Waals surface area contributed by atoms with Gasteiger partial charge in [-0.05, 0) is 37.3 Å². The van der Waals surface area contributed by atoms with Gasteiger partial charge in [0.05, 0.1) is 5.56 Å². The highest BCUT2D eigenvalue weighted by Crippen LogP contribution is 2.31. The topological polar surface area (TPSA) is 93.7 Å². The molecule has 2 rings (SSSR count). The van der Waals surface area contributed by atoms with Gasteiger partial charge in [-0.1, -0.05) is 24.3 Å². The highest BCUT2D eigenvalue weighted by molar-refractivity contribution is 5.95. The molecular formula is C19H17F3N2O5. The van der Waals surface area contributed by atoms with E-state index in [0.29, 0.717) is 5.56 Å². The predicted molar refractivity (Wildman–Crippen MR) is 94.5 cm³/mol. The summed E-state index contributed by atoms with van der Waals surface area (Å²) >= 11 is 0. The molecule has 2 aromatic rings. The van der Waals surface area contributed by atoms with Gasteiger partial charge in [-0.25, -0.2) is 4.79 Å². The minimum atomic E-state index is -4.54. The highest BCUT2D eigenvalue weighted by Gasteiger charge is 2.30. The molecule has 0 saturated carbocycles. The Bertz CT molecular complexity index is 872. The Kier molecular flexibility index (Phi) is 7.18. The molecule has 0 heterocycles. The van der Waals surface area contributed by atoms with Crippen molar-refractivity contribution in [2.75, 3.05) is 6.61 Å². The Morgan fingerprint density at radius 2 is 1.69 bits per heavy atom. The van der Waals surface area contributed by atoms with E-state index in [1.54, 1.807) is 18.2 Å². The average Bonchev–Trinajstić information content (AvgIpc) is 2.70. The third-order valence-electron chi connectivity index (χ3n) is 3.53. The van der Waals surface area contributed by atoms with Crippen LogP contribution in [0.5, 0.6) is 5.75 Å². The van der Waals surface area contributed by atoms with Gasteiger partial charge < -0.3 is 9.47 Å². The third-order valence-corrected chi connectivity index (χ3v) is 3.53. The van der Waals surface area contributed by atoms with Gasteiger partial charge in [-0.3, -0.25) is 20.4 Å². The summed E-state index contributed by atoms with van der Waals surface area (Å²) in [6.45, 7) is 0.557. The summed E-state index contributed by atoms with van der Waals surface area (Å²) in [5.74, 6) is -2.52. The molecule has 2 amide bonds. The monoisotopic (exact) mass is 410 g/mol. The normalized spacial score (nSPS) is 11.9. The number of amides is 2. The first-order chi connectivity index (χ1) is 13.7. The number of hydrazine groups is 1. The maximum atomic E-state index is 12.6. The minimum absolute atomic E-state index is 0.177. The zero-order valence-electron chi connectivity index (χ0n) is 15.2. The van der Waals surface area contributed by atoms with Crippen LogP contribution in [0, 0.1) is 0 Å². The fourth-order valence-electron chi connectivity index (χ4n) is 2.07. The van der Waals surface area contributed by atoms with Gasteiger partial charge in [-0.2, -0.15) is 13.2 Å². The van der Waals surface area contributed by atoms with Crippen molar-refractivity contribution in [3.63, 3.8) is 0 Å². The van der Waals surface area contributed by atoms with E-state index in [0.717, 1.165) is 18.2 Å². The second-order valence-electron chi connectivity index (χ2n) is 5.76. The summed E-state index contributed by atoms with van der Waals surface area (Å²) in [6.07, 6.45) is -5.82. The molecule has 0 unspecified atom stereocenters. The first-order valence-corrected chi connectivity index (χ1v) is 8.31. The Hall–Kier alpha value is -3.56. The molecule has 0 aliphatic rings. The third kappa shape index (κ3) is 6.83. The molecule has 0 aromatic heterocycles. The molecule has 7 nitrogen and oxygen atoms in total. The van der Waals surface area contributed by atoms with Gasteiger partial charge in [0, 0.05) is 5.56 Å². The van der Waals surface area contributed by atoms with Gasteiger partial charge >= 0.3 is 12.1 Å². The van der Waals surface area contributed by atoms with Crippen LogP contribution in [0.25, 0.3) is 0 Å². The van der Waals surface area contributed by atoms with Crippen molar-refractivity contribution in [2.24, 2.45) is 0 Å². The molecule has 0 fully saturated rings. The van der Waals surface area contributed by atoms with Gasteiger partial charge in [-0.15, -0.1) is 0 Å². The first kappa shape index (κ1) is 21.7. The molecule has 2 N–H and O–H groups in total. The Morgan fingerprint density at radius 3 is 2.34 bits per heavy atom. The molecule has 154 valence electrons. The van der Waals surface area contributed by atoms with Crippen molar-refractivity contribution >= 4 is 17.8 Å². The van der Waals surface area contributed by atoms with Crippen molar-refractivity contribution in [3.05, 3.63) is 65.7 Å². The predicted octanol–water partition coefficient (Wildman–Crippen LogP) is 2.48. The maximum absolute atomic E-state index is 12.6. The second-order valence-corrected chi connectivity index (χ2v) is 5.76. The average molecular weight is 410 g/mol. The van der Waals surface area contributed by atoms with Crippen LogP contribution >= 0.6 is 0 Å². The fourth-order valence-corrected chi connectivity index (χ4v) is 2.07. The van der Waals surface area contributed by atoms with Crippen LogP contribution in [0.2, 0.25) is 0 Å². The number of esters is 1. The molecule has 0 aliphatic carbocycles. The standard InChI is InChI=1S/C19H17F3N2O5/c1-12(17(26)23-24-18(27)13-6-3-2-4-7-13)29-16(25)11-28-15-9-5-8-14(10-15)19(20,21)22/h2-10,12H,11H2,1H3,(H,23,26)(H,24,27)/t12-/m1/s1. The van der Waals surface area contributed by atoms with Crippen LogP contribution in [-0.4, -0.2) is 30.5 Å². The summed E-state index contributed by atoms with van der Waals surface area (Å²) in [5, 5.41) is 0. The number of alkyl halides is 3. The Labute approximate surface area is 163 Å². The number of rotatable bonds is 6. The number of carbonyl (C=O) groups is 3. The molecule has 0 bridgehead atoms. The van der Waals surface area contributed by atoms with Crippen molar-refractivity contribution < 1.29 is 37.0 Å².